The number of piperidine rings is 2. The van der Waals surface area contributed by atoms with Gasteiger partial charge in [0.05, 0.1) is 0 Å². The summed E-state index contributed by atoms with van der Waals surface area (Å²) in [5.74, 6) is 2.03. The fraction of sp³-hybridized carbons (Fsp3) is 0.808. The quantitative estimate of drug-likeness (QED) is 0.585. The van der Waals surface area contributed by atoms with Gasteiger partial charge in [0.2, 0.25) is 17.8 Å². The van der Waals surface area contributed by atoms with Crippen LogP contribution in [0.4, 0.5) is 17.8 Å². The van der Waals surface area contributed by atoms with E-state index in [2.05, 4.69) is 109 Å². The van der Waals surface area contributed by atoms with Crippen molar-refractivity contribution in [2.75, 3.05) is 29.2 Å². The Balaban J connectivity index is 1.96. The highest BCUT2D eigenvalue weighted by Gasteiger charge is 2.40. The van der Waals surface area contributed by atoms with Gasteiger partial charge in [0.1, 0.15) is 0 Å². The molecule has 1 aromatic rings. The molecule has 2 fully saturated rings. The van der Waals surface area contributed by atoms with Crippen molar-refractivity contribution in [2.45, 2.75) is 122 Å². The van der Waals surface area contributed by atoms with E-state index in [1.807, 2.05) is 0 Å². The van der Waals surface area contributed by atoms with E-state index < -0.39 is 0 Å². The van der Waals surface area contributed by atoms with Crippen molar-refractivity contribution in [2.24, 2.45) is 0 Å². The van der Waals surface area contributed by atoms with Crippen molar-refractivity contribution in [1.29, 1.82) is 0 Å². The van der Waals surface area contributed by atoms with Crippen molar-refractivity contribution in [3.8, 4) is 0 Å². The Kier molecular flexibility index (Phi) is 6.90. The Bertz CT molecular complexity index is 883. The largest absolute Gasteiger partial charge is 0.384 e. The van der Waals surface area contributed by atoms with E-state index in [1.165, 1.54) is 0 Å². The summed E-state index contributed by atoms with van der Waals surface area (Å²) in [6.45, 7) is 24.1. The predicted octanol–water partition coefficient (Wildman–Crippen LogP) is 4.31. The smallest absolute Gasteiger partial charge is 0.231 e. The summed E-state index contributed by atoms with van der Waals surface area (Å²) in [6.07, 6.45) is 3.90. The second kappa shape index (κ2) is 8.85. The summed E-state index contributed by atoms with van der Waals surface area (Å²) in [6, 6.07) is 0.593. The molecule has 0 amide bonds. The highest BCUT2D eigenvalue weighted by atomic mass is 15.4. The fourth-order valence-electron chi connectivity index (χ4n) is 5.73. The first kappa shape index (κ1) is 26.5. The Morgan fingerprint density at radius 2 is 1.29 bits per heavy atom. The lowest BCUT2D eigenvalue weighted by Gasteiger charge is -2.49. The zero-order valence-electron chi connectivity index (χ0n) is 23.4. The molecule has 0 radical (unpaired) electrons. The molecule has 0 spiro atoms. The average molecular weight is 473 g/mol. The standard InChI is InChI=1S/C26H48N8/c1-17-13-18(14-24(5,6)30-17)33(11)21-27-20(31-23(2,3)4)28-22(29-21)34(12)19-15-25(7,8)32-26(9,10)16-19/h18-19,30,32H,1,13-16H2,2-12H3,(H,27,28,29,31). The molecule has 0 aliphatic carbocycles. The fourth-order valence-corrected chi connectivity index (χ4v) is 5.73. The molecule has 1 unspecified atom stereocenters. The van der Waals surface area contributed by atoms with E-state index in [4.69, 9.17) is 15.0 Å². The van der Waals surface area contributed by atoms with Crippen LogP contribution >= 0.6 is 0 Å². The summed E-state index contributed by atoms with van der Waals surface area (Å²) in [4.78, 5) is 19.2. The normalized spacial score (nSPS) is 24.3. The zero-order valence-corrected chi connectivity index (χ0v) is 23.4. The van der Waals surface area contributed by atoms with E-state index in [9.17, 15) is 0 Å². The number of nitrogens with one attached hydrogen (secondary N) is 3. The van der Waals surface area contributed by atoms with E-state index in [0.29, 0.717) is 23.9 Å². The van der Waals surface area contributed by atoms with Crippen molar-refractivity contribution in [3.05, 3.63) is 12.3 Å². The molecule has 8 nitrogen and oxygen atoms in total. The molecule has 0 bridgehead atoms. The molecule has 1 aromatic heterocycles. The maximum Gasteiger partial charge on any atom is 0.231 e. The molecule has 3 rings (SSSR count). The molecule has 8 heteroatoms. The minimum Gasteiger partial charge on any atom is -0.384 e. The molecule has 0 aromatic carbocycles. The number of hydrogen-bond acceptors (Lipinski definition) is 8. The number of anilines is 3. The third-order valence-corrected chi connectivity index (χ3v) is 6.74. The number of hydrogen-bond donors (Lipinski definition) is 3. The molecule has 192 valence electrons. The van der Waals surface area contributed by atoms with Crippen LogP contribution in [0.3, 0.4) is 0 Å². The average Bonchev–Trinajstić information content (AvgIpc) is 2.61. The van der Waals surface area contributed by atoms with Crippen LogP contribution in [0.15, 0.2) is 12.3 Å². The van der Waals surface area contributed by atoms with Gasteiger partial charge >= 0.3 is 0 Å². The Hall–Kier alpha value is -2.09. The minimum absolute atomic E-state index is 0.0142. The molecule has 0 saturated carbocycles. The molecule has 1 atom stereocenters. The van der Waals surface area contributed by atoms with Gasteiger partial charge in [-0.3, -0.25) is 0 Å². The number of rotatable bonds is 5. The van der Waals surface area contributed by atoms with Crippen LogP contribution in [0, 0.1) is 0 Å². The van der Waals surface area contributed by atoms with Crippen molar-refractivity contribution < 1.29 is 0 Å². The number of aromatic nitrogens is 3. The molecular weight excluding hydrogens is 424 g/mol. The molecule has 34 heavy (non-hydrogen) atoms. The minimum atomic E-state index is -0.156. The first-order chi connectivity index (χ1) is 15.3. The molecule has 3 N–H and O–H groups in total. The Labute approximate surface area is 207 Å². The molecule has 3 heterocycles. The maximum absolute atomic E-state index is 5.00. The summed E-state index contributed by atoms with van der Waals surface area (Å²) in [7, 11) is 4.22. The van der Waals surface area contributed by atoms with Gasteiger partial charge in [-0.1, -0.05) is 6.58 Å². The summed E-state index contributed by atoms with van der Waals surface area (Å²) < 4.78 is 0. The van der Waals surface area contributed by atoms with Gasteiger partial charge in [0.15, 0.2) is 0 Å². The zero-order chi connectivity index (χ0) is 25.7. The molecule has 2 aliphatic heterocycles. The van der Waals surface area contributed by atoms with Gasteiger partial charge in [0.25, 0.3) is 0 Å². The number of nitrogens with zero attached hydrogens (tertiary/aromatic N) is 5. The second-order valence-corrected chi connectivity index (χ2v) is 13.5. The van der Waals surface area contributed by atoms with E-state index >= 15 is 0 Å². The third-order valence-electron chi connectivity index (χ3n) is 6.74. The summed E-state index contributed by atoms with van der Waals surface area (Å²) in [5.41, 5.74) is 0.977. The predicted molar refractivity (Wildman–Crippen MR) is 144 cm³/mol. The SMILES string of the molecule is C=C1CC(N(C)c2nc(NC(C)(C)C)nc(N(C)C3CC(C)(C)NC(C)(C)C3)n2)CC(C)(C)N1. The molecule has 2 saturated heterocycles. The van der Waals surface area contributed by atoms with Crippen LogP contribution in [0.25, 0.3) is 0 Å². The van der Waals surface area contributed by atoms with Gasteiger partial charge in [-0.05, 0) is 81.6 Å². The lowest BCUT2D eigenvalue weighted by atomic mass is 9.79. The highest BCUT2D eigenvalue weighted by Crippen LogP contribution is 2.34. The third kappa shape index (κ3) is 6.74. The van der Waals surface area contributed by atoms with Gasteiger partial charge in [-0.2, -0.15) is 15.0 Å². The van der Waals surface area contributed by atoms with Crippen molar-refractivity contribution >= 4 is 17.8 Å². The van der Waals surface area contributed by atoms with Gasteiger partial charge < -0.3 is 25.8 Å². The van der Waals surface area contributed by atoms with E-state index in [0.717, 1.165) is 31.4 Å². The van der Waals surface area contributed by atoms with Crippen LogP contribution in [-0.4, -0.2) is 63.3 Å². The van der Waals surface area contributed by atoms with Crippen LogP contribution < -0.4 is 25.8 Å². The summed E-state index contributed by atoms with van der Waals surface area (Å²) in [5, 5.41) is 10.8. The van der Waals surface area contributed by atoms with Crippen LogP contribution in [0.2, 0.25) is 0 Å². The van der Waals surface area contributed by atoms with E-state index in [1.54, 1.807) is 0 Å². The first-order valence-electron chi connectivity index (χ1n) is 12.6. The lowest BCUT2D eigenvalue weighted by molar-refractivity contribution is 0.160. The Morgan fingerprint density at radius 3 is 1.76 bits per heavy atom. The molecule has 2 aliphatic rings. The van der Waals surface area contributed by atoms with Crippen LogP contribution in [0.5, 0.6) is 0 Å². The topological polar surface area (TPSA) is 81.2 Å². The van der Waals surface area contributed by atoms with Gasteiger partial charge in [-0.25, -0.2) is 0 Å². The van der Waals surface area contributed by atoms with Crippen LogP contribution in [0.1, 0.15) is 88.0 Å². The Morgan fingerprint density at radius 1 is 0.824 bits per heavy atom. The maximum atomic E-state index is 5.00. The second-order valence-electron chi connectivity index (χ2n) is 13.5. The monoisotopic (exact) mass is 472 g/mol. The van der Waals surface area contributed by atoms with Gasteiger partial charge in [0, 0.05) is 60.5 Å². The first-order valence-corrected chi connectivity index (χ1v) is 12.6. The van der Waals surface area contributed by atoms with Gasteiger partial charge in [-0.15, -0.1) is 0 Å². The molecular formula is C26H48N8. The highest BCUT2D eigenvalue weighted by molar-refractivity contribution is 5.47. The van der Waals surface area contributed by atoms with Crippen LogP contribution in [-0.2, 0) is 0 Å². The van der Waals surface area contributed by atoms with E-state index in [-0.39, 0.29) is 28.2 Å². The summed E-state index contributed by atoms with van der Waals surface area (Å²) >= 11 is 0. The van der Waals surface area contributed by atoms with Crippen molar-refractivity contribution in [3.63, 3.8) is 0 Å². The lowest BCUT2D eigenvalue weighted by Crippen LogP contribution is -2.62. The van der Waals surface area contributed by atoms with Crippen molar-refractivity contribution in [1.82, 2.24) is 25.6 Å².